The van der Waals surface area contributed by atoms with Gasteiger partial charge in [-0.25, -0.2) is 24.5 Å². The molecule has 2 aromatic heterocycles. The second kappa shape index (κ2) is 11.4. The predicted molar refractivity (Wildman–Crippen MR) is 147 cm³/mol. The van der Waals surface area contributed by atoms with Gasteiger partial charge in [0, 0.05) is 13.0 Å². The van der Waals surface area contributed by atoms with E-state index in [9.17, 15) is 24.6 Å². The Hall–Kier alpha value is -4.22. The summed E-state index contributed by atoms with van der Waals surface area (Å²) in [7, 11) is 1.16. The van der Waals surface area contributed by atoms with Crippen LogP contribution in [0.15, 0.2) is 43.0 Å². The van der Waals surface area contributed by atoms with Crippen LogP contribution in [0.3, 0.4) is 0 Å². The molecule has 7 atom stereocenters. The third-order valence-electron chi connectivity index (χ3n) is 8.15. The van der Waals surface area contributed by atoms with Crippen molar-refractivity contribution in [1.82, 2.24) is 24.4 Å². The smallest absolute Gasteiger partial charge is 0.413 e. The van der Waals surface area contributed by atoms with Crippen molar-refractivity contribution >= 4 is 35.0 Å². The summed E-state index contributed by atoms with van der Waals surface area (Å²) in [4.78, 5) is 52.8. The molecule has 0 spiro atoms. The Morgan fingerprint density at radius 3 is 2.66 bits per heavy atom. The molecule has 3 aromatic rings. The SMILES string of the molecule is CCO[C@@H]1C[C@@]2(C)O[C@]1(C(=O)OC)C(=O)N2C[C@H]1O[C@@H](n2cnc3c(NC(=O)OCc4ccccc4)ncnc32)[C@H](O)[C@@H]1O. The summed E-state index contributed by atoms with van der Waals surface area (Å²) >= 11 is 0. The number of likely N-dealkylation sites (tertiary alicyclic amines) is 1. The summed E-state index contributed by atoms with van der Waals surface area (Å²) in [5.41, 5.74) is -2.04. The summed E-state index contributed by atoms with van der Waals surface area (Å²) in [6.07, 6.45) is -4.03. The van der Waals surface area contributed by atoms with E-state index in [0.717, 1.165) is 12.7 Å². The summed E-state index contributed by atoms with van der Waals surface area (Å²) < 4.78 is 29.3. The minimum atomic E-state index is -1.98. The van der Waals surface area contributed by atoms with Crippen LogP contribution in [0, 0.1) is 0 Å². The Kier molecular flexibility index (Phi) is 7.71. The first-order valence-electron chi connectivity index (χ1n) is 14.0. The molecule has 2 bridgehead atoms. The van der Waals surface area contributed by atoms with Crippen molar-refractivity contribution in [3.05, 3.63) is 48.5 Å². The normalized spacial score (nSPS) is 31.1. The number of nitrogens with one attached hydrogen (secondary N) is 1. The van der Waals surface area contributed by atoms with Crippen LogP contribution in [-0.4, -0.2) is 109 Å². The molecule has 5 heterocycles. The fraction of sp³-hybridized carbons (Fsp3) is 0.500. The van der Waals surface area contributed by atoms with Crippen LogP contribution in [0.1, 0.15) is 32.1 Å². The maximum Gasteiger partial charge on any atom is 0.413 e. The number of piperidine rings is 1. The minimum absolute atomic E-state index is 0.0490. The number of aliphatic hydroxyl groups excluding tert-OH is 2. The lowest BCUT2D eigenvalue weighted by Crippen LogP contribution is -2.61. The third kappa shape index (κ3) is 4.75. The lowest BCUT2D eigenvalue weighted by Gasteiger charge is -2.38. The van der Waals surface area contributed by atoms with Gasteiger partial charge >= 0.3 is 12.1 Å². The third-order valence-corrected chi connectivity index (χ3v) is 8.15. The molecule has 44 heavy (non-hydrogen) atoms. The first-order valence-corrected chi connectivity index (χ1v) is 14.0. The van der Waals surface area contributed by atoms with Gasteiger partial charge in [-0.05, 0) is 19.4 Å². The fourth-order valence-electron chi connectivity index (χ4n) is 6.04. The van der Waals surface area contributed by atoms with Crippen molar-refractivity contribution in [2.75, 3.05) is 25.6 Å². The van der Waals surface area contributed by atoms with E-state index in [-0.39, 0.29) is 43.2 Å². The van der Waals surface area contributed by atoms with Crippen LogP contribution >= 0.6 is 0 Å². The zero-order chi connectivity index (χ0) is 31.2. The van der Waals surface area contributed by atoms with Gasteiger partial charge in [-0.15, -0.1) is 0 Å². The molecule has 0 radical (unpaired) electrons. The zero-order valence-corrected chi connectivity index (χ0v) is 24.2. The number of amides is 2. The average molecular weight is 613 g/mol. The number of hydrogen-bond acceptors (Lipinski definition) is 13. The predicted octanol–water partition coefficient (Wildman–Crippen LogP) is 0.490. The standard InChI is InChI=1S/C28H32N6O10/c1-4-41-17-10-27(2)34(24(37)28(17,44-27)25(38)40-3)11-16-19(35)20(36)23(43-16)33-14-31-18-21(29-13-30-22(18)33)32-26(39)42-12-15-8-6-5-7-9-15/h5-9,13-14,16-17,19-20,23,35-36H,4,10-12H2,1-3H3,(H,29,30,32,39)/t16-,17-,19-,20-,23-,27-,28+/m1/s1. The highest BCUT2D eigenvalue weighted by atomic mass is 16.6. The van der Waals surface area contributed by atoms with Crippen molar-refractivity contribution < 1.29 is 48.3 Å². The second-order valence-corrected chi connectivity index (χ2v) is 10.8. The molecular weight excluding hydrogens is 580 g/mol. The van der Waals surface area contributed by atoms with Crippen molar-refractivity contribution in [3.63, 3.8) is 0 Å². The van der Waals surface area contributed by atoms with Gasteiger partial charge in [-0.1, -0.05) is 30.3 Å². The summed E-state index contributed by atoms with van der Waals surface area (Å²) in [6.45, 7) is 3.48. The summed E-state index contributed by atoms with van der Waals surface area (Å²) in [5, 5.41) is 24.5. The van der Waals surface area contributed by atoms with Crippen LogP contribution in [0.5, 0.6) is 0 Å². The molecule has 3 saturated heterocycles. The van der Waals surface area contributed by atoms with Gasteiger partial charge in [0.2, 0.25) is 0 Å². The molecule has 3 N–H and O–H groups in total. The molecule has 0 unspecified atom stereocenters. The number of imidazole rings is 1. The maximum atomic E-state index is 13.6. The number of fused-ring (bicyclic) bond motifs is 3. The van der Waals surface area contributed by atoms with Crippen LogP contribution in [0.4, 0.5) is 10.6 Å². The van der Waals surface area contributed by atoms with E-state index in [2.05, 4.69) is 20.3 Å². The molecule has 0 aliphatic carbocycles. The fourth-order valence-corrected chi connectivity index (χ4v) is 6.04. The lowest BCUT2D eigenvalue weighted by molar-refractivity contribution is -0.178. The number of aliphatic hydroxyl groups is 2. The molecule has 3 aliphatic rings. The van der Waals surface area contributed by atoms with E-state index < -0.39 is 59.9 Å². The van der Waals surface area contributed by atoms with Gasteiger partial charge in [0.15, 0.2) is 23.2 Å². The molecule has 1 aromatic carbocycles. The highest BCUT2D eigenvalue weighted by Crippen LogP contribution is 2.51. The number of carbonyl (C=O) groups excluding carboxylic acids is 3. The Labute approximate surface area is 250 Å². The Morgan fingerprint density at radius 2 is 1.93 bits per heavy atom. The monoisotopic (exact) mass is 612 g/mol. The molecule has 3 aliphatic heterocycles. The van der Waals surface area contributed by atoms with Gasteiger partial charge in [-0.3, -0.25) is 14.7 Å². The molecule has 0 saturated carbocycles. The molecule has 16 heteroatoms. The van der Waals surface area contributed by atoms with Crippen molar-refractivity contribution in [2.45, 2.75) is 68.8 Å². The number of ether oxygens (including phenoxy) is 5. The Bertz CT molecular complexity index is 1570. The Balaban J connectivity index is 1.18. The molecular formula is C28H32N6O10. The number of carbonyl (C=O) groups is 3. The molecule has 2 amide bonds. The largest absolute Gasteiger partial charge is 0.466 e. The van der Waals surface area contributed by atoms with Gasteiger partial charge in [0.05, 0.1) is 20.0 Å². The quantitative estimate of drug-likeness (QED) is 0.223. The topological polar surface area (TPSA) is 197 Å². The molecule has 3 fully saturated rings. The lowest BCUT2D eigenvalue weighted by atomic mass is 9.88. The van der Waals surface area contributed by atoms with Crippen LogP contribution in [0.25, 0.3) is 11.2 Å². The number of benzene rings is 1. The molecule has 16 nitrogen and oxygen atoms in total. The van der Waals surface area contributed by atoms with E-state index in [4.69, 9.17) is 23.7 Å². The van der Waals surface area contributed by atoms with Gasteiger partial charge in [0.25, 0.3) is 11.5 Å². The highest BCUT2D eigenvalue weighted by molar-refractivity contribution is 6.09. The molecule has 234 valence electrons. The number of nitrogens with zero attached hydrogens (tertiary/aromatic N) is 5. The van der Waals surface area contributed by atoms with Gasteiger partial charge < -0.3 is 38.8 Å². The van der Waals surface area contributed by atoms with Crippen LogP contribution in [0.2, 0.25) is 0 Å². The first-order chi connectivity index (χ1) is 21.1. The summed E-state index contributed by atoms with van der Waals surface area (Å²) in [6, 6.07) is 9.15. The first kappa shape index (κ1) is 29.8. The highest BCUT2D eigenvalue weighted by Gasteiger charge is 2.74. The van der Waals surface area contributed by atoms with Crippen molar-refractivity contribution in [1.29, 1.82) is 0 Å². The maximum absolute atomic E-state index is 13.6. The van der Waals surface area contributed by atoms with E-state index in [1.807, 2.05) is 30.3 Å². The second-order valence-electron chi connectivity index (χ2n) is 10.8. The van der Waals surface area contributed by atoms with E-state index in [1.165, 1.54) is 22.1 Å². The van der Waals surface area contributed by atoms with Gasteiger partial charge in [0.1, 0.15) is 43.1 Å². The Morgan fingerprint density at radius 1 is 1.16 bits per heavy atom. The average Bonchev–Trinajstić information content (AvgIpc) is 3.72. The van der Waals surface area contributed by atoms with E-state index in [1.54, 1.807) is 13.8 Å². The zero-order valence-electron chi connectivity index (χ0n) is 24.2. The minimum Gasteiger partial charge on any atom is -0.466 e. The number of rotatable bonds is 9. The van der Waals surface area contributed by atoms with Crippen LogP contribution < -0.4 is 5.32 Å². The van der Waals surface area contributed by atoms with E-state index >= 15 is 0 Å². The van der Waals surface area contributed by atoms with Crippen molar-refractivity contribution in [2.24, 2.45) is 0 Å². The van der Waals surface area contributed by atoms with Gasteiger partial charge in [-0.2, -0.15) is 0 Å². The number of anilines is 1. The number of esters is 1. The summed E-state index contributed by atoms with van der Waals surface area (Å²) in [5.74, 6) is -1.49. The van der Waals surface area contributed by atoms with E-state index in [0.29, 0.717) is 0 Å². The number of methoxy groups -OCH3 is 1. The number of hydrogen-bond donors (Lipinski definition) is 3. The number of aromatic nitrogens is 4. The van der Waals surface area contributed by atoms with Crippen LogP contribution in [-0.2, 0) is 39.9 Å². The molecule has 6 rings (SSSR count). The van der Waals surface area contributed by atoms with Crippen molar-refractivity contribution in [3.8, 4) is 0 Å².